The van der Waals surface area contributed by atoms with Gasteiger partial charge in [0.05, 0.1) is 18.7 Å². The van der Waals surface area contributed by atoms with Crippen molar-refractivity contribution in [2.45, 2.75) is 13.0 Å². The normalized spacial score (nSPS) is 16.4. The Morgan fingerprint density at radius 1 is 0.962 bits per heavy atom. The van der Waals surface area contributed by atoms with Gasteiger partial charge < -0.3 is 14.4 Å². The Morgan fingerprint density at radius 2 is 1.65 bits per heavy atom. The van der Waals surface area contributed by atoms with E-state index in [2.05, 4.69) is 44.8 Å². The molecule has 1 atom stereocenters. The van der Waals surface area contributed by atoms with Gasteiger partial charge in [-0.3, -0.25) is 4.90 Å². The Kier molecular flexibility index (Phi) is 6.04. The molecule has 0 radical (unpaired) electrons. The smallest absolute Gasteiger partial charge is 0.165 e. The molecule has 1 fully saturated rings. The van der Waals surface area contributed by atoms with Crippen molar-refractivity contribution in [2.24, 2.45) is 0 Å². The fourth-order valence-electron chi connectivity index (χ4n) is 3.36. The maximum Gasteiger partial charge on any atom is 0.165 e. The van der Waals surface area contributed by atoms with E-state index in [4.69, 9.17) is 9.47 Å². The van der Waals surface area contributed by atoms with Gasteiger partial charge in [-0.05, 0) is 52.7 Å². The van der Waals surface area contributed by atoms with Crippen molar-refractivity contribution < 1.29 is 13.9 Å². The van der Waals surface area contributed by atoms with Gasteiger partial charge in [-0.1, -0.05) is 6.07 Å². The summed E-state index contributed by atoms with van der Waals surface area (Å²) in [6.07, 6.45) is 0. The zero-order valence-electron chi connectivity index (χ0n) is 15.3. The summed E-state index contributed by atoms with van der Waals surface area (Å²) in [5, 5.41) is 0. The maximum absolute atomic E-state index is 13.6. The minimum atomic E-state index is -0.322. The van der Waals surface area contributed by atoms with Crippen LogP contribution in [0.25, 0.3) is 0 Å². The SMILES string of the molecule is COc1cc(C(C)N2CCN(c3ccc(Br)c(OC)c3)CC2)ccc1F. The number of anilines is 1. The van der Waals surface area contributed by atoms with E-state index in [1.165, 1.54) is 18.9 Å². The highest BCUT2D eigenvalue weighted by atomic mass is 79.9. The van der Waals surface area contributed by atoms with Gasteiger partial charge in [-0.15, -0.1) is 0 Å². The Hall–Kier alpha value is -1.79. The predicted octanol–water partition coefficient (Wildman–Crippen LogP) is 4.49. The lowest BCUT2D eigenvalue weighted by atomic mass is 10.1. The molecule has 0 aliphatic carbocycles. The highest BCUT2D eigenvalue weighted by Gasteiger charge is 2.23. The van der Waals surface area contributed by atoms with Crippen LogP contribution in [0.5, 0.6) is 11.5 Å². The summed E-state index contributed by atoms with van der Waals surface area (Å²) in [6, 6.07) is 11.5. The lowest BCUT2D eigenvalue weighted by Crippen LogP contribution is -2.47. The first-order chi connectivity index (χ1) is 12.5. The van der Waals surface area contributed by atoms with Crippen LogP contribution in [0.4, 0.5) is 10.1 Å². The summed E-state index contributed by atoms with van der Waals surface area (Å²) in [7, 11) is 3.18. The molecular weight excluding hydrogens is 399 g/mol. The van der Waals surface area contributed by atoms with Crippen molar-refractivity contribution in [3.8, 4) is 11.5 Å². The molecule has 1 unspecified atom stereocenters. The standard InChI is InChI=1S/C20H24BrFN2O2/c1-14(15-4-7-18(22)20(12-15)26-3)23-8-10-24(11-9-23)16-5-6-17(21)19(13-16)25-2/h4-7,12-14H,8-11H2,1-3H3. The molecule has 4 nitrogen and oxygen atoms in total. The number of rotatable bonds is 5. The second kappa shape index (κ2) is 8.27. The highest BCUT2D eigenvalue weighted by Crippen LogP contribution is 2.31. The summed E-state index contributed by atoms with van der Waals surface area (Å²) in [6.45, 7) is 5.92. The van der Waals surface area contributed by atoms with E-state index in [0.29, 0.717) is 5.75 Å². The van der Waals surface area contributed by atoms with E-state index in [1.807, 2.05) is 12.1 Å². The number of hydrogen-bond donors (Lipinski definition) is 0. The van der Waals surface area contributed by atoms with Crippen LogP contribution in [0.15, 0.2) is 40.9 Å². The summed E-state index contributed by atoms with van der Waals surface area (Å²) < 4.78 is 25.1. The fraction of sp³-hybridized carbons (Fsp3) is 0.400. The zero-order valence-corrected chi connectivity index (χ0v) is 16.9. The maximum atomic E-state index is 13.6. The first kappa shape index (κ1) is 19.0. The molecule has 1 aliphatic rings. The molecule has 140 valence electrons. The molecule has 1 heterocycles. The molecular formula is C20H24BrFN2O2. The van der Waals surface area contributed by atoms with Crippen LogP contribution >= 0.6 is 15.9 Å². The minimum absolute atomic E-state index is 0.214. The van der Waals surface area contributed by atoms with Crippen molar-refractivity contribution in [2.75, 3.05) is 45.3 Å². The van der Waals surface area contributed by atoms with Gasteiger partial charge in [0.25, 0.3) is 0 Å². The van der Waals surface area contributed by atoms with Gasteiger partial charge in [0.2, 0.25) is 0 Å². The number of halogens is 2. The van der Waals surface area contributed by atoms with Crippen molar-refractivity contribution in [3.05, 3.63) is 52.3 Å². The second-order valence-corrected chi connectivity index (χ2v) is 7.27. The second-order valence-electron chi connectivity index (χ2n) is 6.41. The van der Waals surface area contributed by atoms with E-state index < -0.39 is 0 Å². The van der Waals surface area contributed by atoms with E-state index >= 15 is 0 Å². The molecule has 0 saturated carbocycles. The summed E-state index contributed by atoms with van der Waals surface area (Å²) in [5.74, 6) is 0.823. The summed E-state index contributed by atoms with van der Waals surface area (Å²) >= 11 is 3.50. The molecule has 26 heavy (non-hydrogen) atoms. The average molecular weight is 423 g/mol. The Balaban J connectivity index is 1.66. The van der Waals surface area contributed by atoms with E-state index in [-0.39, 0.29) is 11.9 Å². The summed E-state index contributed by atoms with van der Waals surface area (Å²) in [5.41, 5.74) is 2.24. The number of benzene rings is 2. The Bertz CT molecular complexity index is 763. The van der Waals surface area contributed by atoms with E-state index in [0.717, 1.165) is 42.0 Å². The highest BCUT2D eigenvalue weighted by molar-refractivity contribution is 9.10. The molecule has 0 spiro atoms. The molecule has 0 amide bonds. The van der Waals surface area contributed by atoms with E-state index in [1.54, 1.807) is 13.2 Å². The first-order valence-electron chi connectivity index (χ1n) is 8.69. The summed E-state index contributed by atoms with van der Waals surface area (Å²) in [4.78, 5) is 4.78. The number of ether oxygens (including phenoxy) is 2. The zero-order chi connectivity index (χ0) is 18.7. The molecule has 1 saturated heterocycles. The van der Waals surface area contributed by atoms with Crippen LogP contribution in [-0.2, 0) is 0 Å². The van der Waals surface area contributed by atoms with Crippen molar-refractivity contribution >= 4 is 21.6 Å². The predicted molar refractivity (Wildman–Crippen MR) is 106 cm³/mol. The first-order valence-corrected chi connectivity index (χ1v) is 9.48. The lowest BCUT2D eigenvalue weighted by Gasteiger charge is -2.39. The van der Waals surface area contributed by atoms with Crippen LogP contribution < -0.4 is 14.4 Å². The average Bonchev–Trinajstić information content (AvgIpc) is 2.68. The van der Waals surface area contributed by atoms with Gasteiger partial charge >= 0.3 is 0 Å². The topological polar surface area (TPSA) is 24.9 Å². The van der Waals surface area contributed by atoms with Crippen LogP contribution in [0.3, 0.4) is 0 Å². The molecule has 2 aromatic carbocycles. The van der Waals surface area contributed by atoms with Gasteiger partial charge in [0.1, 0.15) is 5.75 Å². The minimum Gasteiger partial charge on any atom is -0.495 e. The lowest BCUT2D eigenvalue weighted by molar-refractivity contribution is 0.198. The fourth-order valence-corrected chi connectivity index (χ4v) is 3.77. The third-order valence-corrected chi connectivity index (χ3v) is 5.67. The van der Waals surface area contributed by atoms with Crippen LogP contribution in [-0.4, -0.2) is 45.3 Å². The number of piperazine rings is 1. The van der Waals surface area contributed by atoms with Crippen molar-refractivity contribution in [3.63, 3.8) is 0 Å². The molecule has 2 aromatic rings. The third kappa shape index (κ3) is 3.96. The quantitative estimate of drug-likeness (QED) is 0.708. The van der Waals surface area contributed by atoms with Crippen molar-refractivity contribution in [1.29, 1.82) is 0 Å². The van der Waals surface area contributed by atoms with Gasteiger partial charge in [-0.25, -0.2) is 4.39 Å². The molecule has 1 aliphatic heterocycles. The Morgan fingerprint density at radius 3 is 2.31 bits per heavy atom. The van der Waals surface area contributed by atoms with Gasteiger partial charge in [0, 0.05) is 44.0 Å². The van der Waals surface area contributed by atoms with Gasteiger partial charge in [0.15, 0.2) is 11.6 Å². The third-order valence-electron chi connectivity index (χ3n) is 5.02. The van der Waals surface area contributed by atoms with Crippen LogP contribution in [0.2, 0.25) is 0 Å². The monoisotopic (exact) mass is 422 g/mol. The van der Waals surface area contributed by atoms with Crippen LogP contribution in [0, 0.1) is 5.82 Å². The number of nitrogens with zero attached hydrogens (tertiary/aromatic N) is 2. The molecule has 3 rings (SSSR count). The van der Waals surface area contributed by atoms with E-state index in [9.17, 15) is 4.39 Å². The molecule has 0 bridgehead atoms. The van der Waals surface area contributed by atoms with Crippen LogP contribution in [0.1, 0.15) is 18.5 Å². The number of methoxy groups -OCH3 is 2. The van der Waals surface area contributed by atoms with Crippen molar-refractivity contribution in [1.82, 2.24) is 4.90 Å². The molecule has 0 N–H and O–H groups in total. The molecule has 6 heteroatoms. The van der Waals surface area contributed by atoms with Gasteiger partial charge in [-0.2, -0.15) is 0 Å². The number of hydrogen-bond acceptors (Lipinski definition) is 4. The molecule has 0 aromatic heterocycles. The Labute approximate surface area is 162 Å². The largest absolute Gasteiger partial charge is 0.495 e.